The molecule has 3 rings (SSSR count). The minimum atomic E-state index is -0.512. The minimum absolute atomic E-state index is 0.0817. The molecule has 10 nitrogen and oxygen atoms in total. The zero-order valence-corrected chi connectivity index (χ0v) is 13.8. The summed E-state index contributed by atoms with van der Waals surface area (Å²) in [6.07, 6.45) is 1.60. The van der Waals surface area contributed by atoms with Gasteiger partial charge in [-0.15, -0.1) is 0 Å². The number of nitro groups is 1. The van der Waals surface area contributed by atoms with Gasteiger partial charge in [-0.1, -0.05) is 6.07 Å². The molecule has 0 atom stereocenters. The second-order valence-corrected chi connectivity index (χ2v) is 5.61. The predicted octanol–water partition coefficient (Wildman–Crippen LogP) is 2.24. The monoisotopic (exact) mass is 343 g/mol. The summed E-state index contributed by atoms with van der Waals surface area (Å²) >= 11 is 0. The number of nitrogens with zero attached hydrogens (tertiary/aromatic N) is 5. The predicted molar refractivity (Wildman–Crippen MR) is 93.0 cm³/mol. The summed E-state index contributed by atoms with van der Waals surface area (Å²) in [5, 5.41) is 25.2. The summed E-state index contributed by atoms with van der Waals surface area (Å²) in [6.45, 7) is 1.42. The Labute approximate surface area is 142 Å². The van der Waals surface area contributed by atoms with Crippen molar-refractivity contribution in [3.8, 4) is 0 Å². The van der Waals surface area contributed by atoms with E-state index in [1.54, 1.807) is 30.5 Å². The first-order chi connectivity index (χ1) is 12.1. The van der Waals surface area contributed by atoms with E-state index in [-0.39, 0.29) is 16.9 Å². The summed E-state index contributed by atoms with van der Waals surface area (Å²) in [5.41, 5.74) is 1.05. The molecule has 0 saturated carbocycles. The Morgan fingerprint density at radius 1 is 1.24 bits per heavy atom. The van der Waals surface area contributed by atoms with E-state index in [4.69, 9.17) is 4.63 Å². The normalized spacial score (nSPS) is 11.0. The van der Waals surface area contributed by atoms with E-state index in [1.807, 2.05) is 19.0 Å². The average Bonchev–Trinajstić information content (AvgIpc) is 3.04. The van der Waals surface area contributed by atoms with E-state index in [0.29, 0.717) is 23.6 Å². The number of hydrogen-bond acceptors (Lipinski definition) is 9. The Bertz CT molecular complexity index is 879. The lowest BCUT2D eigenvalue weighted by Gasteiger charge is -2.13. The van der Waals surface area contributed by atoms with Crippen LogP contribution in [0.5, 0.6) is 0 Å². The molecule has 0 unspecified atom stereocenters. The number of benzene rings is 1. The van der Waals surface area contributed by atoms with Crippen LogP contribution in [0.25, 0.3) is 11.0 Å². The van der Waals surface area contributed by atoms with Gasteiger partial charge in [0.05, 0.1) is 10.6 Å². The average molecular weight is 343 g/mol. The highest BCUT2D eigenvalue weighted by molar-refractivity contribution is 6.00. The smallest absolute Gasteiger partial charge is 0.324 e. The van der Waals surface area contributed by atoms with Crippen LogP contribution in [-0.4, -0.2) is 52.3 Å². The van der Waals surface area contributed by atoms with Gasteiger partial charge in [0.15, 0.2) is 5.52 Å². The lowest BCUT2D eigenvalue weighted by atomic mass is 10.2. The van der Waals surface area contributed by atoms with Gasteiger partial charge in [-0.05, 0) is 42.6 Å². The van der Waals surface area contributed by atoms with Gasteiger partial charge in [-0.25, -0.2) is 9.61 Å². The van der Waals surface area contributed by atoms with Gasteiger partial charge in [-0.3, -0.25) is 10.1 Å². The molecule has 10 heteroatoms. The van der Waals surface area contributed by atoms with E-state index < -0.39 is 4.92 Å². The molecule has 2 N–H and O–H groups in total. The molecule has 2 aromatic heterocycles. The van der Waals surface area contributed by atoms with Crippen molar-refractivity contribution in [3.05, 3.63) is 40.6 Å². The highest BCUT2D eigenvalue weighted by Crippen LogP contribution is 2.37. The first-order valence-electron chi connectivity index (χ1n) is 7.56. The second kappa shape index (κ2) is 7.09. The lowest BCUT2D eigenvalue weighted by molar-refractivity contribution is -0.382. The van der Waals surface area contributed by atoms with E-state index in [1.165, 1.54) is 0 Å². The highest BCUT2D eigenvalue weighted by Gasteiger charge is 2.26. The highest BCUT2D eigenvalue weighted by atomic mass is 16.6. The molecule has 0 saturated heterocycles. The fourth-order valence-corrected chi connectivity index (χ4v) is 2.33. The van der Waals surface area contributed by atoms with Gasteiger partial charge in [0.25, 0.3) is 0 Å². The molecule has 0 aliphatic heterocycles. The number of nitro benzene ring substituents is 1. The van der Waals surface area contributed by atoms with Crippen LogP contribution in [0.3, 0.4) is 0 Å². The van der Waals surface area contributed by atoms with Crippen molar-refractivity contribution < 1.29 is 9.55 Å². The Balaban J connectivity index is 2.03. The number of fused-ring (bicyclic) bond motifs is 1. The lowest BCUT2D eigenvalue weighted by Crippen LogP contribution is -2.21. The Morgan fingerprint density at radius 2 is 2.04 bits per heavy atom. The van der Waals surface area contributed by atoms with Gasteiger partial charge in [0, 0.05) is 19.3 Å². The van der Waals surface area contributed by atoms with Gasteiger partial charge >= 0.3 is 5.69 Å². The van der Waals surface area contributed by atoms with Gasteiger partial charge < -0.3 is 15.5 Å². The summed E-state index contributed by atoms with van der Waals surface area (Å²) in [7, 11) is 3.91. The molecule has 130 valence electrons. The SMILES string of the molecule is CN(C)CCNc1cc(Nc2ccccn2)c([N+](=O)[O-])c2nonc12. The fraction of sp³-hybridized carbons (Fsp3) is 0.267. The molecule has 0 amide bonds. The van der Waals surface area contributed by atoms with E-state index >= 15 is 0 Å². The van der Waals surface area contributed by atoms with Crippen molar-refractivity contribution in [2.75, 3.05) is 37.8 Å². The van der Waals surface area contributed by atoms with Crippen LogP contribution in [0.2, 0.25) is 0 Å². The number of likely N-dealkylation sites (N-methyl/N-ethyl adjacent to an activating group) is 1. The van der Waals surface area contributed by atoms with Crippen molar-refractivity contribution >= 4 is 33.9 Å². The summed E-state index contributed by atoms with van der Waals surface area (Å²) in [4.78, 5) is 17.2. The van der Waals surface area contributed by atoms with Crippen molar-refractivity contribution in [1.29, 1.82) is 0 Å². The zero-order chi connectivity index (χ0) is 17.8. The maximum atomic E-state index is 11.5. The largest absolute Gasteiger partial charge is 0.382 e. The van der Waals surface area contributed by atoms with Crippen LogP contribution < -0.4 is 10.6 Å². The maximum Gasteiger partial charge on any atom is 0.324 e. The second-order valence-electron chi connectivity index (χ2n) is 5.61. The third-order valence-corrected chi connectivity index (χ3v) is 3.50. The molecule has 2 heterocycles. The number of rotatable bonds is 7. The molecule has 25 heavy (non-hydrogen) atoms. The van der Waals surface area contributed by atoms with Crippen LogP contribution in [0.1, 0.15) is 0 Å². The van der Waals surface area contributed by atoms with E-state index in [0.717, 1.165) is 6.54 Å². The summed E-state index contributed by atoms with van der Waals surface area (Å²) in [5.74, 6) is 0.487. The molecule has 0 aliphatic carbocycles. The molecular formula is C15H17N7O3. The van der Waals surface area contributed by atoms with Crippen LogP contribution >= 0.6 is 0 Å². The third-order valence-electron chi connectivity index (χ3n) is 3.50. The number of anilines is 3. The maximum absolute atomic E-state index is 11.5. The molecule has 0 fully saturated rings. The minimum Gasteiger partial charge on any atom is -0.382 e. The van der Waals surface area contributed by atoms with Crippen LogP contribution in [0.15, 0.2) is 35.1 Å². The molecule has 0 bridgehead atoms. The molecule has 0 radical (unpaired) electrons. The standard InChI is InChI=1S/C15H17N7O3/c1-21(2)8-7-16-10-9-11(18-12-5-3-4-6-17-12)15(22(23)24)14-13(10)19-25-20-14/h3-6,9,16H,7-8H2,1-2H3,(H,17,18). The quantitative estimate of drug-likeness (QED) is 0.491. The molecule has 3 aromatic rings. The number of nitrogens with one attached hydrogen (secondary N) is 2. The molecular weight excluding hydrogens is 326 g/mol. The first-order valence-corrected chi connectivity index (χ1v) is 7.56. The van der Waals surface area contributed by atoms with Gasteiger partial charge in [-0.2, -0.15) is 0 Å². The van der Waals surface area contributed by atoms with Crippen molar-refractivity contribution in [2.24, 2.45) is 0 Å². The van der Waals surface area contributed by atoms with E-state index in [9.17, 15) is 10.1 Å². The Kier molecular flexibility index (Phi) is 4.70. The summed E-state index contributed by atoms with van der Waals surface area (Å²) < 4.78 is 4.73. The van der Waals surface area contributed by atoms with Crippen LogP contribution in [-0.2, 0) is 0 Å². The topological polar surface area (TPSA) is 122 Å². The zero-order valence-electron chi connectivity index (χ0n) is 13.8. The Morgan fingerprint density at radius 3 is 2.72 bits per heavy atom. The van der Waals surface area contributed by atoms with Crippen molar-refractivity contribution in [1.82, 2.24) is 20.2 Å². The molecule has 1 aromatic carbocycles. The number of aromatic nitrogens is 3. The van der Waals surface area contributed by atoms with Crippen LogP contribution in [0.4, 0.5) is 22.9 Å². The third kappa shape index (κ3) is 3.63. The summed E-state index contributed by atoms with van der Waals surface area (Å²) in [6, 6.07) is 6.88. The Hall–Kier alpha value is -3.27. The number of pyridine rings is 1. The first kappa shape index (κ1) is 16.6. The fourth-order valence-electron chi connectivity index (χ4n) is 2.33. The van der Waals surface area contributed by atoms with Crippen molar-refractivity contribution in [2.45, 2.75) is 0 Å². The molecule has 0 spiro atoms. The van der Waals surface area contributed by atoms with Crippen LogP contribution in [0, 0.1) is 10.1 Å². The van der Waals surface area contributed by atoms with Gasteiger partial charge in [0.1, 0.15) is 11.5 Å². The molecule has 0 aliphatic rings. The van der Waals surface area contributed by atoms with Gasteiger partial charge in [0.2, 0.25) is 5.52 Å². The van der Waals surface area contributed by atoms with Crippen molar-refractivity contribution in [3.63, 3.8) is 0 Å². The number of hydrogen-bond donors (Lipinski definition) is 2. The van der Waals surface area contributed by atoms with E-state index in [2.05, 4.69) is 25.9 Å².